The lowest BCUT2D eigenvalue weighted by Gasteiger charge is -2.30. The van der Waals surface area contributed by atoms with Crippen LogP contribution in [0.1, 0.15) is 38.1 Å². The average Bonchev–Trinajstić information content (AvgIpc) is 2.36. The summed E-state index contributed by atoms with van der Waals surface area (Å²) in [4.78, 5) is 14.4. The Labute approximate surface area is 134 Å². The highest BCUT2D eigenvalue weighted by atomic mass is 79.9. The van der Waals surface area contributed by atoms with Gasteiger partial charge in [0, 0.05) is 29.6 Å². The maximum atomic E-state index is 12.1. The zero-order chi connectivity index (χ0) is 15.3. The summed E-state index contributed by atoms with van der Waals surface area (Å²) in [6.07, 6.45) is 0. The molecule has 0 saturated carbocycles. The van der Waals surface area contributed by atoms with Crippen molar-refractivity contribution >= 4 is 33.4 Å². The summed E-state index contributed by atoms with van der Waals surface area (Å²) in [6.45, 7) is 10.1. The highest BCUT2D eigenvalue weighted by molar-refractivity contribution is 9.10. The molecule has 0 heterocycles. The molecule has 3 nitrogen and oxygen atoms in total. The molecule has 5 heteroatoms. The van der Waals surface area contributed by atoms with Gasteiger partial charge in [-0.3, -0.25) is 9.69 Å². The van der Waals surface area contributed by atoms with Crippen LogP contribution in [0.15, 0.2) is 22.7 Å². The first-order valence-electron chi connectivity index (χ1n) is 6.82. The average molecular weight is 362 g/mol. The van der Waals surface area contributed by atoms with Gasteiger partial charge in [-0.25, -0.2) is 0 Å². The number of carbonyl (C=O) groups excluding carboxylic acids is 1. The van der Waals surface area contributed by atoms with Crippen molar-refractivity contribution in [3.05, 3.63) is 33.3 Å². The van der Waals surface area contributed by atoms with Crippen LogP contribution < -0.4 is 5.32 Å². The molecule has 0 spiro atoms. The number of hydrogen-bond acceptors (Lipinski definition) is 2. The van der Waals surface area contributed by atoms with Crippen LogP contribution in [0.25, 0.3) is 0 Å². The largest absolute Gasteiger partial charge is 0.351 e. The summed E-state index contributed by atoms with van der Waals surface area (Å²) >= 11 is 9.44. The van der Waals surface area contributed by atoms with Crippen molar-refractivity contribution in [3.8, 4) is 0 Å². The van der Waals surface area contributed by atoms with E-state index in [1.165, 1.54) is 0 Å². The second kappa shape index (κ2) is 8.01. The van der Waals surface area contributed by atoms with E-state index in [9.17, 15) is 4.79 Å². The molecule has 0 fully saturated rings. The molecular weight excluding hydrogens is 340 g/mol. The zero-order valence-electron chi connectivity index (χ0n) is 12.4. The minimum atomic E-state index is -0.135. The maximum absolute atomic E-state index is 12.1. The van der Waals surface area contributed by atoms with Crippen LogP contribution in [0.2, 0.25) is 5.02 Å². The van der Waals surface area contributed by atoms with E-state index >= 15 is 0 Å². The number of amides is 1. The standard InChI is InChI=1S/C15H22BrClN2O/c1-10(2)19(11(3)4)9-8-18-15(20)12-6-5-7-13(16)14(12)17/h5-7,10-11H,8-9H2,1-4H3,(H,18,20). The first-order chi connectivity index (χ1) is 9.34. The summed E-state index contributed by atoms with van der Waals surface area (Å²) in [5, 5.41) is 3.37. The molecular formula is C15H22BrClN2O. The van der Waals surface area contributed by atoms with Crippen molar-refractivity contribution < 1.29 is 4.79 Å². The quantitative estimate of drug-likeness (QED) is 0.832. The number of benzene rings is 1. The molecule has 0 bridgehead atoms. The molecule has 0 aliphatic heterocycles. The van der Waals surface area contributed by atoms with E-state index in [1.54, 1.807) is 12.1 Å². The minimum absolute atomic E-state index is 0.135. The van der Waals surface area contributed by atoms with Gasteiger partial charge >= 0.3 is 0 Å². The van der Waals surface area contributed by atoms with Gasteiger partial charge in [-0.2, -0.15) is 0 Å². The Hall–Kier alpha value is -0.580. The fourth-order valence-electron chi connectivity index (χ4n) is 2.19. The summed E-state index contributed by atoms with van der Waals surface area (Å²) < 4.78 is 0.734. The second-order valence-electron chi connectivity index (χ2n) is 5.28. The van der Waals surface area contributed by atoms with E-state index in [1.807, 2.05) is 6.07 Å². The van der Waals surface area contributed by atoms with Gasteiger partial charge in [-0.05, 0) is 55.8 Å². The number of rotatable bonds is 6. The maximum Gasteiger partial charge on any atom is 0.252 e. The Bertz CT molecular complexity index is 455. The van der Waals surface area contributed by atoms with Crippen LogP contribution >= 0.6 is 27.5 Å². The van der Waals surface area contributed by atoms with Gasteiger partial charge < -0.3 is 5.32 Å². The van der Waals surface area contributed by atoms with Crippen LogP contribution in [-0.2, 0) is 0 Å². The van der Waals surface area contributed by atoms with Gasteiger partial charge in [0.2, 0.25) is 0 Å². The molecule has 1 amide bonds. The van der Waals surface area contributed by atoms with Gasteiger partial charge in [0.25, 0.3) is 5.91 Å². The lowest BCUT2D eigenvalue weighted by Crippen LogP contribution is -2.42. The van der Waals surface area contributed by atoms with Crippen LogP contribution in [0.3, 0.4) is 0 Å². The van der Waals surface area contributed by atoms with Gasteiger partial charge in [-0.15, -0.1) is 0 Å². The van der Waals surface area contributed by atoms with E-state index in [2.05, 4.69) is 53.8 Å². The normalized spacial score (nSPS) is 11.4. The molecule has 20 heavy (non-hydrogen) atoms. The number of nitrogens with one attached hydrogen (secondary N) is 1. The molecule has 0 saturated heterocycles. The molecule has 112 valence electrons. The predicted octanol–water partition coefficient (Wildman–Crippen LogP) is 3.95. The van der Waals surface area contributed by atoms with Crippen molar-refractivity contribution in [3.63, 3.8) is 0 Å². The first-order valence-corrected chi connectivity index (χ1v) is 7.99. The number of halogens is 2. The van der Waals surface area contributed by atoms with Crippen molar-refractivity contribution in [2.45, 2.75) is 39.8 Å². The second-order valence-corrected chi connectivity index (χ2v) is 6.51. The summed E-state index contributed by atoms with van der Waals surface area (Å²) in [5.41, 5.74) is 0.502. The Kier molecular flexibility index (Phi) is 7.00. The van der Waals surface area contributed by atoms with Crippen molar-refractivity contribution in [1.82, 2.24) is 10.2 Å². The topological polar surface area (TPSA) is 32.3 Å². The zero-order valence-corrected chi connectivity index (χ0v) is 14.8. The third-order valence-corrected chi connectivity index (χ3v) is 4.47. The molecule has 0 aliphatic carbocycles. The Morgan fingerprint density at radius 2 is 1.90 bits per heavy atom. The number of nitrogens with zero attached hydrogens (tertiary/aromatic N) is 1. The molecule has 1 rings (SSSR count). The van der Waals surface area contributed by atoms with Gasteiger partial charge in [0.05, 0.1) is 10.6 Å². The summed E-state index contributed by atoms with van der Waals surface area (Å²) in [5.74, 6) is -0.135. The molecule has 0 unspecified atom stereocenters. The van der Waals surface area contributed by atoms with Crippen molar-refractivity contribution in [1.29, 1.82) is 0 Å². The van der Waals surface area contributed by atoms with Crippen LogP contribution in [0, 0.1) is 0 Å². The molecule has 1 N–H and O–H groups in total. The first kappa shape index (κ1) is 17.5. The van der Waals surface area contributed by atoms with Crippen LogP contribution in [0.5, 0.6) is 0 Å². The summed E-state index contributed by atoms with van der Waals surface area (Å²) in [6, 6.07) is 6.27. The number of carbonyl (C=O) groups is 1. The SMILES string of the molecule is CC(C)N(CCNC(=O)c1cccc(Br)c1Cl)C(C)C. The molecule has 1 aromatic rings. The van der Waals surface area contributed by atoms with Crippen molar-refractivity contribution in [2.75, 3.05) is 13.1 Å². The third-order valence-electron chi connectivity index (χ3n) is 3.18. The fourth-order valence-corrected chi connectivity index (χ4v) is 2.76. The Morgan fingerprint density at radius 3 is 2.45 bits per heavy atom. The smallest absolute Gasteiger partial charge is 0.252 e. The van der Waals surface area contributed by atoms with E-state index in [0.717, 1.165) is 11.0 Å². The van der Waals surface area contributed by atoms with Crippen LogP contribution in [0.4, 0.5) is 0 Å². The molecule has 0 aliphatic rings. The minimum Gasteiger partial charge on any atom is -0.351 e. The lowest BCUT2D eigenvalue weighted by atomic mass is 10.2. The van der Waals surface area contributed by atoms with Gasteiger partial charge in [0.1, 0.15) is 0 Å². The lowest BCUT2D eigenvalue weighted by molar-refractivity contribution is 0.0939. The fraction of sp³-hybridized carbons (Fsp3) is 0.533. The van der Waals surface area contributed by atoms with E-state index in [4.69, 9.17) is 11.6 Å². The predicted molar refractivity (Wildman–Crippen MR) is 88.5 cm³/mol. The van der Waals surface area contributed by atoms with Gasteiger partial charge in [-0.1, -0.05) is 17.7 Å². The molecule has 0 atom stereocenters. The van der Waals surface area contributed by atoms with E-state index in [-0.39, 0.29) is 5.91 Å². The Morgan fingerprint density at radius 1 is 1.30 bits per heavy atom. The van der Waals surface area contributed by atoms with Crippen molar-refractivity contribution in [2.24, 2.45) is 0 Å². The van der Waals surface area contributed by atoms with Crippen LogP contribution in [-0.4, -0.2) is 36.0 Å². The molecule has 1 aromatic carbocycles. The number of hydrogen-bond donors (Lipinski definition) is 1. The monoisotopic (exact) mass is 360 g/mol. The highest BCUT2D eigenvalue weighted by Crippen LogP contribution is 2.25. The summed E-state index contributed by atoms with van der Waals surface area (Å²) in [7, 11) is 0. The van der Waals surface area contributed by atoms with Gasteiger partial charge in [0.15, 0.2) is 0 Å². The Balaban J connectivity index is 2.58. The van der Waals surface area contributed by atoms with E-state index < -0.39 is 0 Å². The highest BCUT2D eigenvalue weighted by Gasteiger charge is 2.15. The third kappa shape index (κ3) is 4.76. The molecule has 0 aromatic heterocycles. The molecule has 0 radical (unpaired) electrons. The van der Waals surface area contributed by atoms with E-state index in [0.29, 0.717) is 29.2 Å².